The van der Waals surface area contributed by atoms with Gasteiger partial charge in [0.1, 0.15) is 6.10 Å². The number of likely N-dealkylation sites (tertiary alicyclic amines) is 1. The number of aryl methyl sites for hydroxylation is 1. The normalized spacial score (nSPS) is 28.0. The number of nitrogens with zero attached hydrogens (tertiary/aromatic N) is 3. The highest BCUT2D eigenvalue weighted by Crippen LogP contribution is 2.40. The summed E-state index contributed by atoms with van der Waals surface area (Å²) in [6.07, 6.45) is 0.784. The maximum Gasteiger partial charge on any atom is 0.264 e. The first-order chi connectivity index (χ1) is 10.2. The molecule has 3 atom stereocenters. The highest BCUT2D eigenvalue weighted by atomic mass is 32.1. The lowest BCUT2D eigenvalue weighted by Gasteiger charge is -2.17. The molecule has 0 aromatic carbocycles. The minimum atomic E-state index is -0.125. The Morgan fingerprint density at radius 2 is 2.38 bits per heavy atom. The van der Waals surface area contributed by atoms with Crippen LogP contribution in [0.1, 0.15) is 33.9 Å². The van der Waals surface area contributed by atoms with Gasteiger partial charge in [-0.05, 0) is 24.8 Å². The SMILES string of the molecule is Cc1noc([C@@H]2C[C@H]3CN(C(=O)c4cccs4)C[C@H]3O2)n1. The fourth-order valence-corrected chi connectivity index (χ4v) is 3.78. The van der Waals surface area contributed by atoms with Crippen molar-refractivity contribution in [2.75, 3.05) is 13.1 Å². The quantitative estimate of drug-likeness (QED) is 0.849. The van der Waals surface area contributed by atoms with Crippen molar-refractivity contribution in [2.45, 2.75) is 25.6 Å². The van der Waals surface area contributed by atoms with E-state index in [2.05, 4.69) is 10.1 Å². The third-order valence-corrected chi connectivity index (χ3v) is 4.93. The number of hydrogen-bond acceptors (Lipinski definition) is 6. The predicted molar refractivity (Wildman–Crippen MR) is 75.0 cm³/mol. The van der Waals surface area contributed by atoms with E-state index in [9.17, 15) is 4.79 Å². The number of hydrogen-bond donors (Lipinski definition) is 0. The van der Waals surface area contributed by atoms with Crippen LogP contribution in [0.2, 0.25) is 0 Å². The summed E-state index contributed by atoms with van der Waals surface area (Å²) in [5.74, 6) is 1.64. The molecule has 0 aliphatic carbocycles. The van der Waals surface area contributed by atoms with E-state index in [0.717, 1.165) is 17.8 Å². The standard InChI is InChI=1S/C14H15N3O3S/c1-8-15-13(20-16-8)10-5-9-6-17(7-11(9)19-10)14(18)12-3-2-4-21-12/h2-4,9-11H,5-7H2,1H3/t9-,10-,11+/m0/s1. The molecule has 2 aromatic rings. The Hall–Kier alpha value is -1.73. The number of thiophene rings is 1. The van der Waals surface area contributed by atoms with Crippen LogP contribution < -0.4 is 0 Å². The van der Waals surface area contributed by atoms with Gasteiger partial charge >= 0.3 is 0 Å². The van der Waals surface area contributed by atoms with E-state index in [1.54, 1.807) is 6.92 Å². The molecule has 4 rings (SSSR count). The number of ether oxygens (including phenoxy) is 1. The van der Waals surface area contributed by atoms with Crippen molar-refractivity contribution < 1.29 is 14.1 Å². The number of rotatable bonds is 2. The molecule has 0 spiro atoms. The van der Waals surface area contributed by atoms with Crippen LogP contribution in [-0.2, 0) is 4.74 Å². The van der Waals surface area contributed by atoms with E-state index < -0.39 is 0 Å². The van der Waals surface area contributed by atoms with E-state index in [4.69, 9.17) is 9.26 Å². The van der Waals surface area contributed by atoms with Gasteiger partial charge in [0.25, 0.3) is 11.8 Å². The summed E-state index contributed by atoms with van der Waals surface area (Å²) >= 11 is 1.48. The van der Waals surface area contributed by atoms with Gasteiger partial charge in [0.15, 0.2) is 5.82 Å². The van der Waals surface area contributed by atoms with Crippen molar-refractivity contribution in [3.8, 4) is 0 Å². The van der Waals surface area contributed by atoms with E-state index in [0.29, 0.717) is 24.2 Å². The maximum atomic E-state index is 12.3. The van der Waals surface area contributed by atoms with Crippen LogP contribution in [0.15, 0.2) is 22.0 Å². The molecular formula is C14H15N3O3S. The first-order valence-electron chi connectivity index (χ1n) is 6.99. The van der Waals surface area contributed by atoms with Crippen LogP contribution in [0.4, 0.5) is 0 Å². The van der Waals surface area contributed by atoms with E-state index >= 15 is 0 Å². The largest absolute Gasteiger partial charge is 0.363 e. The fourth-order valence-electron chi connectivity index (χ4n) is 3.09. The molecule has 6 nitrogen and oxygen atoms in total. The molecule has 2 aliphatic heterocycles. The molecule has 0 N–H and O–H groups in total. The lowest BCUT2D eigenvalue weighted by atomic mass is 10.0. The highest BCUT2D eigenvalue weighted by Gasteiger charge is 2.45. The Kier molecular flexibility index (Phi) is 3.04. The van der Waals surface area contributed by atoms with Gasteiger partial charge in [-0.3, -0.25) is 4.79 Å². The van der Waals surface area contributed by atoms with Crippen LogP contribution in [0.25, 0.3) is 0 Å². The second kappa shape index (κ2) is 4.92. The number of carbonyl (C=O) groups excluding carboxylic acids is 1. The molecule has 110 valence electrons. The Bertz CT molecular complexity index is 640. The van der Waals surface area contributed by atoms with Gasteiger partial charge in [0.05, 0.1) is 11.0 Å². The fraction of sp³-hybridized carbons (Fsp3) is 0.500. The molecular weight excluding hydrogens is 290 g/mol. The molecule has 2 aliphatic rings. The maximum absolute atomic E-state index is 12.3. The summed E-state index contributed by atoms with van der Waals surface area (Å²) < 4.78 is 11.2. The zero-order valence-electron chi connectivity index (χ0n) is 11.6. The summed E-state index contributed by atoms with van der Waals surface area (Å²) in [6, 6.07) is 3.77. The van der Waals surface area contributed by atoms with E-state index in [1.807, 2.05) is 22.4 Å². The number of aromatic nitrogens is 2. The number of carbonyl (C=O) groups is 1. The summed E-state index contributed by atoms with van der Waals surface area (Å²) in [7, 11) is 0. The lowest BCUT2D eigenvalue weighted by Crippen LogP contribution is -2.30. The molecule has 0 radical (unpaired) electrons. The summed E-state index contributed by atoms with van der Waals surface area (Å²) in [5, 5.41) is 5.73. The lowest BCUT2D eigenvalue weighted by molar-refractivity contribution is 0.0200. The first-order valence-corrected chi connectivity index (χ1v) is 7.87. The zero-order chi connectivity index (χ0) is 14.4. The van der Waals surface area contributed by atoms with Crippen molar-refractivity contribution in [3.05, 3.63) is 34.1 Å². The number of fused-ring (bicyclic) bond motifs is 1. The van der Waals surface area contributed by atoms with Gasteiger partial charge in [-0.1, -0.05) is 11.2 Å². The average molecular weight is 305 g/mol. The molecule has 2 saturated heterocycles. The van der Waals surface area contributed by atoms with Gasteiger partial charge in [-0.25, -0.2) is 0 Å². The smallest absolute Gasteiger partial charge is 0.264 e. The van der Waals surface area contributed by atoms with E-state index in [1.165, 1.54) is 11.3 Å². The van der Waals surface area contributed by atoms with E-state index in [-0.39, 0.29) is 18.1 Å². The van der Waals surface area contributed by atoms with Gasteiger partial charge in [0, 0.05) is 19.0 Å². The first kappa shape index (κ1) is 13.0. The van der Waals surface area contributed by atoms with Crippen LogP contribution >= 0.6 is 11.3 Å². The van der Waals surface area contributed by atoms with Crippen molar-refractivity contribution in [1.82, 2.24) is 15.0 Å². The van der Waals surface area contributed by atoms with Gasteiger partial charge < -0.3 is 14.2 Å². The van der Waals surface area contributed by atoms with Crippen LogP contribution in [0.3, 0.4) is 0 Å². The Labute approximate surface area is 125 Å². The summed E-state index contributed by atoms with van der Waals surface area (Å²) in [5.41, 5.74) is 0. The second-order valence-electron chi connectivity index (χ2n) is 5.53. The molecule has 4 heterocycles. The predicted octanol–water partition coefficient (Wildman–Crippen LogP) is 2.04. The van der Waals surface area contributed by atoms with Gasteiger partial charge in [0.2, 0.25) is 0 Å². The Morgan fingerprint density at radius 1 is 1.48 bits per heavy atom. The van der Waals surface area contributed by atoms with Crippen molar-refractivity contribution in [2.24, 2.45) is 5.92 Å². The summed E-state index contributed by atoms with van der Waals surface area (Å²) in [4.78, 5) is 19.2. The number of amides is 1. The molecule has 0 saturated carbocycles. The third-order valence-electron chi connectivity index (χ3n) is 4.07. The minimum absolute atomic E-state index is 0.0751. The molecule has 0 unspecified atom stereocenters. The minimum Gasteiger partial charge on any atom is -0.363 e. The van der Waals surface area contributed by atoms with Crippen molar-refractivity contribution in [3.63, 3.8) is 0 Å². The van der Waals surface area contributed by atoms with Gasteiger partial charge in [-0.2, -0.15) is 4.98 Å². The van der Waals surface area contributed by atoms with Crippen molar-refractivity contribution in [1.29, 1.82) is 0 Å². The van der Waals surface area contributed by atoms with Crippen LogP contribution in [0.5, 0.6) is 0 Å². The Morgan fingerprint density at radius 3 is 3.05 bits per heavy atom. The Balaban J connectivity index is 1.43. The summed E-state index contributed by atoms with van der Waals surface area (Å²) in [6.45, 7) is 3.18. The molecule has 2 fully saturated rings. The van der Waals surface area contributed by atoms with Crippen LogP contribution in [0, 0.1) is 12.8 Å². The highest BCUT2D eigenvalue weighted by molar-refractivity contribution is 7.12. The molecule has 0 bridgehead atoms. The average Bonchev–Trinajstić information content (AvgIpc) is 3.20. The molecule has 21 heavy (non-hydrogen) atoms. The molecule has 1 amide bonds. The topological polar surface area (TPSA) is 68.5 Å². The third kappa shape index (κ3) is 2.26. The molecule has 2 aromatic heterocycles. The van der Waals surface area contributed by atoms with Crippen molar-refractivity contribution >= 4 is 17.2 Å². The molecule has 7 heteroatoms. The zero-order valence-corrected chi connectivity index (χ0v) is 12.4. The second-order valence-corrected chi connectivity index (χ2v) is 6.47. The van der Waals surface area contributed by atoms with Gasteiger partial charge in [-0.15, -0.1) is 11.3 Å². The monoisotopic (exact) mass is 305 g/mol. The van der Waals surface area contributed by atoms with Crippen LogP contribution in [-0.4, -0.2) is 40.1 Å².